The van der Waals surface area contributed by atoms with Crippen LogP contribution in [0.5, 0.6) is 0 Å². The summed E-state index contributed by atoms with van der Waals surface area (Å²) in [6.07, 6.45) is 2.78. The Balaban J connectivity index is 2.40. The summed E-state index contributed by atoms with van der Waals surface area (Å²) in [5.74, 6) is 0.141. The van der Waals surface area contributed by atoms with E-state index in [9.17, 15) is 4.79 Å². The number of ether oxygens (including phenoxy) is 1. The lowest BCUT2D eigenvalue weighted by Crippen LogP contribution is -2.46. The van der Waals surface area contributed by atoms with Gasteiger partial charge in [-0.25, -0.2) is 0 Å². The van der Waals surface area contributed by atoms with Gasteiger partial charge in [0, 0.05) is 0 Å². The number of esters is 1. The summed E-state index contributed by atoms with van der Waals surface area (Å²) in [7, 11) is -1.25. The van der Waals surface area contributed by atoms with E-state index < -0.39 is 12.7 Å². The first kappa shape index (κ1) is 15.5. The molecule has 0 bridgehead atoms. The largest absolute Gasteiger partial charge is 0.459 e. The molecule has 0 amide bonds. The zero-order valence-electron chi connectivity index (χ0n) is 11.5. The first-order valence-corrected chi connectivity index (χ1v) is 6.60. The fourth-order valence-electron chi connectivity index (χ4n) is 2.20. The van der Waals surface area contributed by atoms with Crippen molar-refractivity contribution in [1.82, 2.24) is 5.32 Å². The van der Waals surface area contributed by atoms with Crippen LogP contribution >= 0.6 is 0 Å². The number of piperidine rings is 1. The standard InChI is InChI=1S/C12H24BNO4/c1-12(2,3)18-11(15)10-8-9(5-7-14-10)4-6-13(16)17/h9-10,14,16-17H,4-8H2,1-3H3. The molecule has 1 rings (SSSR count). The molecule has 5 nitrogen and oxygen atoms in total. The first-order valence-electron chi connectivity index (χ1n) is 6.60. The third-order valence-electron chi connectivity index (χ3n) is 3.04. The van der Waals surface area contributed by atoms with Gasteiger partial charge in [-0.2, -0.15) is 0 Å². The van der Waals surface area contributed by atoms with Crippen LogP contribution in [0.4, 0.5) is 0 Å². The molecule has 0 spiro atoms. The first-order chi connectivity index (χ1) is 8.28. The lowest BCUT2D eigenvalue weighted by molar-refractivity contribution is -0.158. The Hall–Kier alpha value is -0.585. The predicted molar refractivity (Wildman–Crippen MR) is 70.0 cm³/mol. The average molecular weight is 257 g/mol. The highest BCUT2D eigenvalue weighted by Crippen LogP contribution is 2.23. The van der Waals surface area contributed by atoms with Gasteiger partial charge in [-0.05, 0) is 52.4 Å². The Bertz CT molecular complexity index is 278. The maximum absolute atomic E-state index is 11.9. The fraction of sp³-hybridized carbons (Fsp3) is 0.917. The summed E-state index contributed by atoms with van der Waals surface area (Å²) in [6, 6.07) is -0.265. The van der Waals surface area contributed by atoms with Crippen LogP contribution in [0.1, 0.15) is 40.0 Å². The summed E-state index contributed by atoms with van der Waals surface area (Å²) in [6.45, 7) is 6.34. The highest BCUT2D eigenvalue weighted by atomic mass is 16.6. The summed E-state index contributed by atoms with van der Waals surface area (Å²) >= 11 is 0. The van der Waals surface area contributed by atoms with E-state index in [4.69, 9.17) is 14.8 Å². The third-order valence-corrected chi connectivity index (χ3v) is 3.04. The minimum absolute atomic E-state index is 0.211. The van der Waals surface area contributed by atoms with Crippen molar-refractivity contribution in [2.24, 2.45) is 5.92 Å². The van der Waals surface area contributed by atoms with E-state index in [1.807, 2.05) is 20.8 Å². The molecule has 3 N–H and O–H groups in total. The fourth-order valence-corrected chi connectivity index (χ4v) is 2.20. The second-order valence-corrected chi connectivity index (χ2v) is 5.99. The van der Waals surface area contributed by atoms with Crippen LogP contribution in [-0.4, -0.2) is 41.3 Å². The van der Waals surface area contributed by atoms with Gasteiger partial charge in [-0.1, -0.05) is 6.42 Å². The summed E-state index contributed by atoms with van der Waals surface area (Å²) in [5, 5.41) is 20.9. The third kappa shape index (κ3) is 5.84. The second kappa shape index (κ2) is 6.54. The Morgan fingerprint density at radius 1 is 1.44 bits per heavy atom. The molecule has 1 fully saturated rings. The lowest BCUT2D eigenvalue weighted by Gasteiger charge is -2.31. The maximum atomic E-state index is 11.9. The molecule has 0 aromatic carbocycles. The molecule has 1 aliphatic rings. The zero-order chi connectivity index (χ0) is 13.8. The number of hydrogen-bond donors (Lipinski definition) is 3. The molecule has 0 radical (unpaired) electrons. The van der Waals surface area contributed by atoms with Crippen LogP contribution in [-0.2, 0) is 9.53 Å². The molecule has 2 atom stereocenters. The predicted octanol–water partition coefficient (Wildman–Crippen LogP) is 0.559. The van der Waals surface area contributed by atoms with Crippen LogP contribution in [0.15, 0.2) is 0 Å². The van der Waals surface area contributed by atoms with E-state index in [2.05, 4.69) is 5.32 Å². The molecule has 2 unspecified atom stereocenters. The molecule has 1 heterocycles. The van der Waals surface area contributed by atoms with E-state index in [1.165, 1.54) is 0 Å². The van der Waals surface area contributed by atoms with Crippen LogP contribution in [0.2, 0.25) is 6.32 Å². The molecule has 0 aromatic heterocycles. The molecule has 104 valence electrons. The van der Waals surface area contributed by atoms with Crippen molar-refractivity contribution < 1.29 is 19.6 Å². The van der Waals surface area contributed by atoms with Gasteiger partial charge in [0.05, 0.1) is 0 Å². The van der Waals surface area contributed by atoms with Crippen molar-refractivity contribution in [2.75, 3.05) is 6.54 Å². The average Bonchev–Trinajstić information content (AvgIpc) is 2.24. The van der Waals surface area contributed by atoms with Crippen molar-refractivity contribution in [3.63, 3.8) is 0 Å². The highest BCUT2D eigenvalue weighted by molar-refractivity contribution is 6.40. The Morgan fingerprint density at radius 2 is 2.11 bits per heavy atom. The number of nitrogens with one attached hydrogen (secondary N) is 1. The maximum Gasteiger partial charge on any atom is 0.451 e. The zero-order valence-corrected chi connectivity index (χ0v) is 11.5. The smallest absolute Gasteiger partial charge is 0.451 e. The van der Waals surface area contributed by atoms with Crippen molar-refractivity contribution in [1.29, 1.82) is 0 Å². The number of rotatable bonds is 4. The highest BCUT2D eigenvalue weighted by Gasteiger charge is 2.30. The lowest BCUT2D eigenvalue weighted by atomic mass is 9.77. The Morgan fingerprint density at radius 3 is 2.67 bits per heavy atom. The molecule has 18 heavy (non-hydrogen) atoms. The summed E-state index contributed by atoms with van der Waals surface area (Å²) in [5.41, 5.74) is -0.465. The Kier molecular flexibility index (Phi) is 5.62. The van der Waals surface area contributed by atoms with Gasteiger partial charge in [0.15, 0.2) is 0 Å². The summed E-state index contributed by atoms with van der Waals surface area (Å²) in [4.78, 5) is 11.9. The van der Waals surface area contributed by atoms with E-state index in [0.29, 0.717) is 18.7 Å². The monoisotopic (exact) mass is 257 g/mol. The number of carbonyl (C=O) groups is 1. The van der Waals surface area contributed by atoms with Gasteiger partial charge >= 0.3 is 13.1 Å². The molecule has 0 aliphatic carbocycles. The van der Waals surface area contributed by atoms with E-state index >= 15 is 0 Å². The van der Waals surface area contributed by atoms with Gasteiger partial charge in [0.25, 0.3) is 0 Å². The SMILES string of the molecule is CC(C)(C)OC(=O)C1CC(CCB(O)O)CCN1. The molecular formula is C12H24BNO4. The van der Waals surface area contributed by atoms with Gasteiger partial charge in [-0.15, -0.1) is 0 Å². The minimum Gasteiger partial charge on any atom is -0.459 e. The van der Waals surface area contributed by atoms with Gasteiger partial charge < -0.3 is 20.1 Å². The number of hydrogen-bond acceptors (Lipinski definition) is 5. The van der Waals surface area contributed by atoms with Crippen LogP contribution < -0.4 is 5.32 Å². The van der Waals surface area contributed by atoms with E-state index in [0.717, 1.165) is 19.4 Å². The van der Waals surface area contributed by atoms with E-state index in [-0.39, 0.29) is 12.0 Å². The van der Waals surface area contributed by atoms with Crippen molar-refractivity contribution in [2.45, 2.75) is 58.0 Å². The van der Waals surface area contributed by atoms with Crippen LogP contribution in [0.25, 0.3) is 0 Å². The molecule has 1 saturated heterocycles. The van der Waals surface area contributed by atoms with Gasteiger partial charge in [0.2, 0.25) is 0 Å². The van der Waals surface area contributed by atoms with Gasteiger partial charge in [0.1, 0.15) is 11.6 Å². The van der Waals surface area contributed by atoms with Crippen molar-refractivity contribution in [3.05, 3.63) is 0 Å². The normalized spacial score (nSPS) is 24.7. The van der Waals surface area contributed by atoms with Gasteiger partial charge in [-0.3, -0.25) is 4.79 Å². The Labute approximate surface area is 109 Å². The summed E-state index contributed by atoms with van der Waals surface area (Å²) < 4.78 is 5.35. The minimum atomic E-state index is -1.25. The van der Waals surface area contributed by atoms with Crippen molar-refractivity contribution in [3.8, 4) is 0 Å². The molecule has 0 saturated carbocycles. The molecule has 0 aromatic rings. The second-order valence-electron chi connectivity index (χ2n) is 5.99. The van der Waals surface area contributed by atoms with Crippen molar-refractivity contribution >= 4 is 13.1 Å². The molecule has 1 aliphatic heterocycles. The van der Waals surface area contributed by atoms with Crippen LogP contribution in [0.3, 0.4) is 0 Å². The topological polar surface area (TPSA) is 78.8 Å². The quantitative estimate of drug-likeness (QED) is 0.506. The number of carbonyl (C=O) groups excluding carboxylic acids is 1. The van der Waals surface area contributed by atoms with Crippen LogP contribution in [0, 0.1) is 5.92 Å². The molecule has 6 heteroatoms. The van der Waals surface area contributed by atoms with E-state index in [1.54, 1.807) is 0 Å². The molecular weight excluding hydrogens is 233 g/mol.